The summed E-state index contributed by atoms with van der Waals surface area (Å²) in [5.41, 5.74) is 1.16. The first-order valence-electron chi connectivity index (χ1n) is 6.11. The summed E-state index contributed by atoms with van der Waals surface area (Å²) in [6.45, 7) is 8.32. The highest BCUT2D eigenvalue weighted by molar-refractivity contribution is 7.71. The minimum atomic E-state index is -0.185. The van der Waals surface area contributed by atoms with Crippen LogP contribution in [0.5, 0.6) is 5.75 Å². The quantitative estimate of drug-likeness (QED) is 0.670. The molecule has 1 heterocycles. The zero-order chi connectivity index (χ0) is 13.8. The van der Waals surface area contributed by atoms with E-state index in [2.05, 4.69) is 16.8 Å². The first-order valence-corrected chi connectivity index (χ1v) is 6.52. The van der Waals surface area contributed by atoms with E-state index in [1.165, 1.54) is 0 Å². The lowest BCUT2D eigenvalue weighted by Gasteiger charge is -2.15. The Morgan fingerprint density at radius 3 is 3.05 bits per heavy atom. The highest BCUT2D eigenvalue weighted by Crippen LogP contribution is 2.21. The third kappa shape index (κ3) is 3.12. The number of ether oxygens (including phenoxy) is 1. The average molecular weight is 275 g/mol. The summed E-state index contributed by atoms with van der Waals surface area (Å²) >= 11 is 5.18. The van der Waals surface area contributed by atoms with Gasteiger partial charge in [-0.2, -0.15) is 5.10 Å². The maximum Gasteiger partial charge on any atom is 0.195 e. The summed E-state index contributed by atoms with van der Waals surface area (Å²) in [7, 11) is 0. The Morgan fingerprint density at radius 2 is 2.37 bits per heavy atom. The zero-order valence-corrected chi connectivity index (χ0v) is 11.9. The molecule has 0 spiro atoms. The number of nitrogens with one attached hydrogen (secondary N) is 1. The molecule has 0 saturated heterocycles. The predicted octanol–water partition coefficient (Wildman–Crippen LogP) is 3.58. The third-order valence-corrected chi connectivity index (χ3v) is 3.08. The molecule has 1 unspecified atom stereocenters. The molecule has 100 valence electrons. The van der Waals surface area contributed by atoms with E-state index < -0.39 is 0 Å². The van der Waals surface area contributed by atoms with E-state index in [1.54, 1.807) is 6.08 Å². The Balaban J connectivity index is 2.22. The molecule has 1 N–H and O–H groups in total. The SMILES string of the molecule is C=CCn1c(C(C)Oc2cccc(C)c2)n[nH]c1=S. The van der Waals surface area contributed by atoms with Crippen LogP contribution in [0, 0.1) is 11.7 Å². The second-order valence-electron chi connectivity index (χ2n) is 4.36. The summed E-state index contributed by atoms with van der Waals surface area (Å²) < 4.78 is 8.35. The van der Waals surface area contributed by atoms with Crippen LogP contribution in [0.1, 0.15) is 24.4 Å². The lowest BCUT2D eigenvalue weighted by Crippen LogP contribution is -2.11. The molecule has 1 atom stereocenters. The van der Waals surface area contributed by atoms with Crippen LogP contribution < -0.4 is 4.74 Å². The van der Waals surface area contributed by atoms with E-state index in [1.807, 2.05) is 42.7 Å². The van der Waals surface area contributed by atoms with Gasteiger partial charge < -0.3 is 4.74 Å². The number of nitrogens with zero attached hydrogens (tertiary/aromatic N) is 2. The second kappa shape index (κ2) is 5.84. The third-order valence-electron chi connectivity index (χ3n) is 2.77. The molecule has 5 heteroatoms. The molecule has 0 bridgehead atoms. The normalized spacial score (nSPS) is 12.1. The van der Waals surface area contributed by atoms with Gasteiger partial charge in [-0.3, -0.25) is 9.67 Å². The number of aryl methyl sites for hydroxylation is 1. The van der Waals surface area contributed by atoms with Crippen LogP contribution >= 0.6 is 12.2 Å². The first-order chi connectivity index (χ1) is 9.11. The van der Waals surface area contributed by atoms with Crippen LogP contribution in [0.2, 0.25) is 0 Å². The van der Waals surface area contributed by atoms with Crippen molar-refractivity contribution in [3.63, 3.8) is 0 Å². The molecule has 0 aliphatic heterocycles. The fourth-order valence-corrected chi connectivity index (χ4v) is 2.10. The monoisotopic (exact) mass is 275 g/mol. The molecule has 1 aromatic carbocycles. The summed E-state index contributed by atoms with van der Waals surface area (Å²) in [6.07, 6.45) is 1.60. The van der Waals surface area contributed by atoms with Gasteiger partial charge >= 0.3 is 0 Å². The van der Waals surface area contributed by atoms with Crippen molar-refractivity contribution in [3.05, 3.63) is 53.1 Å². The maximum absolute atomic E-state index is 5.90. The minimum Gasteiger partial charge on any atom is -0.483 e. The Morgan fingerprint density at radius 1 is 1.58 bits per heavy atom. The molecular weight excluding hydrogens is 258 g/mol. The summed E-state index contributed by atoms with van der Waals surface area (Å²) in [5.74, 6) is 1.60. The molecule has 2 rings (SSSR count). The van der Waals surface area contributed by atoms with Crippen LogP contribution in [0.4, 0.5) is 0 Å². The van der Waals surface area contributed by atoms with Crippen LogP contribution in [0.25, 0.3) is 0 Å². The standard InChI is InChI=1S/C14H17N3OS/c1-4-8-17-13(15-16-14(17)19)11(3)18-12-7-5-6-10(2)9-12/h4-7,9,11H,1,8H2,2-3H3,(H,16,19). The number of benzene rings is 1. The van der Waals surface area contributed by atoms with Gasteiger partial charge in [0.1, 0.15) is 5.75 Å². The molecule has 0 fully saturated rings. The number of hydrogen-bond donors (Lipinski definition) is 1. The van der Waals surface area contributed by atoms with Gasteiger partial charge in [-0.25, -0.2) is 0 Å². The van der Waals surface area contributed by atoms with E-state index in [-0.39, 0.29) is 6.10 Å². The van der Waals surface area contributed by atoms with Gasteiger partial charge in [0.2, 0.25) is 0 Å². The fourth-order valence-electron chi connectivity index (χ4n) is 1.89. The molecule has 0 saturated carbocycles. The number of aromatic nitrogens is 3. The molecular formula is C14H17N3OS. The maximum atomic E-state index is 5.90. The largest absolute Gasteiger partial charge is 0.483 e. The number of rotatable bonds is 5. The molecule has 4 nitrogen and oxygen atoms in total. The fraction of sp³-hybridized carbons (Fsp3) is 0.286. The number of allylic oxidation sites excluding steroid dienone is 1. The highest BCUT2D eigenvalue weighted by Gasteiger charge is 2.15. The van der Waals surface area contributed by atoms with E-state index >= 15 is 0 Å². The van der Waals surface area contributed by atoms with Gasteiger partial charge in [-0.15, -0.1) is 6.58 Å². The van der Waals surface area contributed by atoms with E-state index in [0.29, 0.717) is 11.3 Å². The van der Waals surface area contributed by atoms with Crippen LogP contribution in [-0.4, -0.2) is 14.8 Å². The zero-order valence-electron chi connectivity index (χ0n) is 11.1. The molecule has 19 heavy (non-hydrogen) atoms. The van der Waals surface area contributed by atoms with Gasteiger partial charge in [0.05, 0.1) is 0 Å². The van der Waals surface area contributed by atoms with E-state index in [0.717, 1.165) is 17.1 Å². The molecule has 1 aromatic heterocycles. The molecule has 0 amide bonds. The summed E-state index contributed by atoms with van der Waals surface area (Å²) in [4.78, 5) is 0. The molecule has 0 radical (unpaired) electrons. The predicted molar refractivity (Wildman–Crippen MR) is 77.8 cm³/mol. The van der Waals surface area contributed by atoms with Crippen LogP contribution in [-0.2, 0) is 6.54 Å². The number of aromatic amines is 1. The van der Waals surface area contributed by atoms with Crippen LogP contribution in [0.15, 0.2) is 36.9 Å². The van der Waals surface area contributed by atoms with Crippen molar-refractivity contribution in [2.24, 2.45) is 0 Å². The van der Waals surface area contributed by atoms with Gasteiger partial charge in [-0.05, 0) is 43.8 Å². The lowest BCUT2D eigenvalue weighted by molar-refractivity contribution is 0.211. The van der Waals surface area contributed by atoms with Crippen molar-refractivity contribution < 1.29 is 4.74 Å². The number of hydrogen-bond acceptors (Lipinski definition) is 3. The van der Waals surface area contributed by atoms with E-state index in [9.17, 15) is 0 Å². The van der Waals surface area contributed by atoms with Gasteiger partial charge in [0, 0.05) is 6.54 Å². The molecule has 0 aliphatic carbocycles. The van der Waals surface area contributed by atoms with Gasteiger partial charge in [0.15, 0.2) is 16.7 Å². The Kier molecular flexibility index (Phi) is 4.16. The Bertz CT molecular complexity index is 630. The van der Waals surface area contributed by atoms with Crippen molar-refractivity contribution in [1.82, 2.24) is 14.8 Å². The van der Waals surface area contributed by atoms with Crippen molar-refractivity contribution in [2.75, 3.05) is 0 Å². The Hall–Kier alpha value is -1.88. The summed E-state index contributed by atoms with van der Waals surface area (Å²) in [5, 5.41) is 7.01. The van der Waals surface area contributed by atoms with Crippen molar-refractivity contribution >= 4 is 12.2 Å². The molecule has 2 aromatic rings. The van der Waals surface area contributed by atoms with Crippen molar-refractivity contribution in [3.8, 4) is 5.75 Å². The Labute approximate surface area is 117 Å². The lowest BCUT2D eigenvalue weighted by atomic mass is 10.2. The topological polar surface area (TPSA) is 42.8 Å². The summed E-state index contributed by atoms with van der Waals surface area (Å²) in [6, 6.07) is 7.93. The smallest absolute Gasteiger partial charge is 0.195 e. The van der Waals surface area contributed by atoms with Crippen LogP contribution in [0.3, 0.4) is 0 Å². The first kappa shape index (κ1) is 13.5. The van der Waals surface area contributed by atoms with Crippen molar-refractivity contribution in [1.29, 1.82) is 0 Å². The van der Waals surface area contributed by atoms with Gasteiger partial charge in [-0.1, -0.05) is 18.2 Å². The van der Waals surface area contributed by atoms with Gasteiger partial charge in [0.25, 0.3) is 0 Å². The molecule has 0 aliphatic rings. The minimum absolute atomic E-state index is 0.185. The van der Waals surface area contributed by atoms with E-state index in [4.69, 9.17) is 17.0 Å². The second-order valence-corrected chi connectivity index (χ2v) is 4.75. The highest BCUT2D eigenvalue weighted by atomic mass is 32.1. The van der Waals surface area contributed by atoms with Crippen molar-refractivity contribution in [2.45, 2.75) is 26.5 Å². The average Bonchev–Trinajstić information content (AvgIpc) is 2.72. The number of H-pyrrole nitrogens is 1.